The normalized spacial score (nSPS) is 21.7. The first-order chi connectivity index (χ1) is 15.7. The number of aromatic nitrogens is 2. The average molecular weight is 448 g/mol. The lowest BCUT2D eigenvalue weighted by Crippen LogP contribution is -2.42. The first-order valence-electron chi connectivity index (χ1n) is 11.2. The minimum absolute atomic E-state index is 0.00696. The summed E-state index contributed by atoms with van der Waals surface area (Å²) in [5, 5.41) is 4.36. The Labute approximate surface area is 194 Å². The minimum Gasteiger partial charge on any atom is -0.379 e. The van der Waals surface area contributed by atoms with E-state index < -0.39 is 0 Å². The van der Waals surface area contributed by atoms with Gasteiger partial charge in [-0.2, -0.15) is 0 Å². The molecule has 0 spiro atoms. The van der Waals surface area contributed by atoms with Gasteiger partial charge in [-0.3, -0.25) is 9.88 Å². The van der Waals surface area contributed by atoms with Gasteiger partial charge in [0.2, 0.25) is 0 Å². The maximum atomic E-state index is 5.85. The molecule has 0 aliphatic carbocycles. The molecule has 4 heterocycles. The number of hydrogen-bond acceptors (Lipinski definition) is 4. The van der Waals surface area contributed by atoms with Crippen molar-refractivity contribution < 1.29 is 4.74 Å². The van der Waals surface area contributed by atoms with Crippen LogP contribution in [0.1, 0.15) is 29.0 Å². The van der Waals surface area contributed by atoms with Gasteiger partial charge in [0.1, 0.15) is 0 Å². The highest BCUT2D eigenvalue weighted by Crippen LogP contribution is 2.39. The van der Waals surface area contributed by atoms with E-state index in [2.05, 4.69) is 80.3 Å². The summed E-state index contributed by atoms with van der Waals surface area (Å²) >= 11 is 5.85. The second-order valence-corrected chi connectivity index (χ2v) is 8.80. The molecule has 1 aromatic carbocycles. The number of benzene rings is 1. The summed E-state index contributed by atoms with van der Waals surface area (Å²) < 4.78 is 7.79. The molecule has 1 N–H and O–H groups in total. The first-order valence-corrected chi connectivity index (χ1v) is 11.6. The fourth-order valence-electron chi connectivity index (χ4n) is 4.62. The minimum atomic E-state index is -0.00696. The van der Waals surface area contributed by atoms with Gasteiger partial charge in [0.05, 0.1) is 31.0 Å². The van der Waals surface area contributed by atoms with Crippen LogP contribution >= 0.6 is 12.2 Å². The van der Waals surface area contributed by atoms with Crippen molar-refractivity contribution in [3.05, 3.63) is 83.9 Å². The van der Waals surface area contributed by atoms with E-state index in [9.17, 15) is 0 Å². The molecule has 166 valence electrons. The van der Waals surface area contributed by atoms with Crippen LogP contribution < -0.4 is 5.32 Å². The van der Waals surface area contributed by atoms with Crippen LogP contribution in [0.4, 0.5) is 0 Å². The molecular weight excluding hydrogens is 418 g/mol. The summed E-state index contributed by atoms with van der Waals surface area (Å²) in [6, 6.07) is 19.1. The number of nitrogens with zero attached hydrogens (tertiary/aromatic N) is 4. The largest absolute Gasteiger partial charge is 0.379 e. The summed E-state index contributed by atoms with van der Waals surface area (Å²) in [5.41, 5.74) is 4.62. The Bertz CT molecular complexity index is 1050. The first kappa shape index (κ1) is 21.1. The molecule has 0 amide bonds. The van der Waals surface area contributed by atoms with Crippen LogP contribution in [0.5, 0.6) is 0 Å². The molecule has 2 saturated heterocycles. The summed E-state index contributed by atoms with van der Waals surface area (Å²) in [4.78, 5) is 9.46. The van der Waals surface area contributed by atoms with E-state index in [1.807, 2.05) is 18.3 Å². The summed E-state index contributed by atoms with van der Waals surface area (Å²) in [6.07, 6.45) is 3.99. The van der Waals surface area contributed by atoms with E-state index in [-0.39, 0.29) is 12.1 Å². The Kier molecular flexibility index (Phi) is 6.21. The molecule has 2 fully saturated rings. The Hall–Kier alpha value is -2.74. The second kappa shape index (κ2) is 9.40. The smallest absolute Gasteiger partial charge is 0.170 e. The average Bonchev–Trinajstić information content (AvgIpc) is 3.43. The van der Waals surface area contributed by atoms with Gasteiger partial charge >= 0.3 is 0 Å². The van der Waals surface area contributed by atoms with Crippen molar-refractivity contribution in [3.63, 3.8) is 0 Å². The highest BCUT2D eigenvalue weighted by atomic mass is 32.1. The molecule has 0 unspecified atom stereocenters. The number of morpholine rings is 1. The van der Waals surface area contributed by atoms with Crippen LogP contribution in [0.15, 0.2) is 67.0 Å². The number of rotatable bonds is 6. The lowest BCUT2D eigenvalue weighted by atomic mass is 10.0. The molecule has 7 heteroatoms. The molecule has 5 rings (SSSR count). The third-order valence-corrected chi connectivity index (χ3v) is 6.71. The lowest BCUT2D eigenvalue weighted by molar-refractivity contribution is 0.0349. The SMILES string of the molecule is Cc1ccc(-n2cccc2[C@@H]2[C@@H](c3ccccn3)NC(=S)N2CCN2CCOCC2)cc1. The highest BCUT2D eigenvalue weighted by Gasteiger charge is 2.41. The summed E-state index contributed by atoms with van der Waals surface area (Å²) in [5.74, 6) is 0. The maximum absolute atomic E-state index is 5.85. The number of ether oxygens (including phenoxy) is 1. The van der Waals surface area contributed by atoms with Crippen LogP contribution in [0.25, 0.3) is 5.69 Å². The third kappa shape index (κ3) is 4.28. The zero-order chi connectivity index (χ0) is 21.9. The van der Waals surface area contributed by atoms with E-state index in [0.29, 0.717) is 0 Å². The third-order valence-electron chi connectivity index (χ3n) is 6.35. The van der Waals surface area contributed by atoms with Gasteiger partial charge in [0, 0.05) is 50.0 Å². The quantitative estimate of drug-likeness (QED) is 0.584. The Morgan fingerprint density at radius 3 is 2.59 bits per heavy atom. The number of thiocarbonyl (C=S) groups is 1. The Balaban J connectivity index is 1.49. The molecule has 32 heavy (non-hydrogen) atoms. The standard InChI is InChI=1S/C25H29N5OS/c1-19-7-9-20(10-8-19)29-12-4-6-22(29)24-23(21-5-2-3-11-26-21)27-25(32)30(24)14-13-28-15-17-31-18-16-28/h2-12,23-24H,13-18H2,1H3,(H,27,32)/t23-,24-/m1/s1. The fraction of sp³-hybridized carbons (Fsp3) is 0.360. The van der Waals surface area contributed by atoms with E-state index in [1.165, 1.54) is 11.3 Å². The molecular formula is C25H29N5OS. The Morgan fingerprint density at radius 1 is 1.03 bits per heavy atom. The summed E-state index contributed by atoms with van der Waals surface area (Å²) in [6.45, 7) is 7.49. The molecule has 0 bridgehead atoms. The number of aryl methyl sites for hydroxylation is 1. The van der Waals surface area contributed by atoms with Gasteiger partial charge in [0.25, 0.3) is 0 Å². The van der Waals surface area contributed by atoms with Crippen LogP contribution in [0.3, 0.4) is 0 Å². The Morgan fingerprint density at radius 2 is 1.84 bits per heavy atom. The van der Waals surface area contributed by atoms with Gasteiger partial charge in [-0.25, -0.2) is 0 Å². The number of pyridine rings is 1. The second-order valence-electron chi connectivity index (χ2n) is 8.41. The van der Waals surface area contributed by atoms with Crippen molar-refractivity contribution >= 4 is 17.3 Å². The molecule has 2 aliphatic heterocycles. The zero-order valence-corrected chi connectivity index (χ0v) is 19.2. The monoisotopic (exact) mass is 447 g/mol. The van der Waals surface area contributed by atoms with Gasteiger partial charge < -0.3 is 19.5 Å². The van der Waals surface area contributed by atoms with Crippen molar-refractivity contribution in [2.75, 3.05) is 39.4 Å². The molecule has 2 aliphatic rings. The predicted molar refractivity (Wildman–Crippen MR) is 130 cm³/mol. The molecule has 0 radical (unpaired) electrons. The van der Waals surface area contributed by atoms with Gasteiger partial charge in [-0.15, -0.1) is 0 Å². The van der Waals surface area contributed by atoms with E-state index in [4.69, 9.17) is 17.0 Å². The van der Waals surface area contributed by atoms with Crippen molar-refractivity contribution in [2.24, 2.45) is 0 Å². The van der Waals surface area contributed by atoms with Crippen molar-refractivity contribution in [1.29, 1.82) is 0 Å². The van der Waals surface area contributed by atoms with Crippen LogP contribution in [0.2, 0.25) is 0 Å². The molecule has 0 saturated carbocycles. The zero-order valence-electron chi connectivity index (χ0n) is 18.4. The predicted octanol–water partition coefficient (Wildman–Crippen LogP) is 3.49. The maximum Gasteiger partial charge on any atom is 0.170 e. The lowest BCUT2D eigenvalue weighted by Gasteiger charge is -2.32. The molecule has 2 aromatic heterocycles. The van der Waals surface area contributed by atoms with E-state index >= 15 is 0 Å². The molecule has 2 atom stereocenters. The molecule has 3 aromatic rings. The van der Waals surface area contributed by atoms with Gasteiger partial charge in [-0.05, 0) is 55.5 Å². The highest BCUT2D eigenvalue weighted by molar-refractivity contribution is 7.80. The van der Waals surface area contributed by atoms with Crippen molar-refractivity contribution in [1.82, 2.24) is 24.7 Å². The van der Waals surface area contributed by atoms with Crippen LogP contribution in [-0.2, 0) is 4.74 Å². The fourth-order valence-corrected chi connectivity index (χ4v) is 4.95. The van der Waals surface area contributed by atoms with Crippen molar-refractivity contribution in [3.8, 4) is 5.69 Å². The van der Waals surface area contributed by atoms with E-state index in [0.717, 1.165) is 55.9 Å². The summed E-state index contributed by atoms with van der Waals surface area (Å²) in [7, 11) is 0. The van der Waals surface area contributed by atoms with Gasteiger partial charge in [0.15, 0.2) is 5.11 Å². The van der Waals surface area contributed by atoms with Crippen LogP contribution in [0, 0.1) is 6.92 Å². The van der Waals surface area contributed by atoms with Gasteiger partial charge in [-0.1, -0.05) is 23.8 Å². The number of nitrogens with one attached hydrogen (secondary N) is 1. The number of hydrogen-bond donors (Lipinski definition) is 1. The van der Waals surface area contributed by atoms with Crippen LogP contribution in [-0.4, -0.2) is 63.9 Å². The topological polar surface area (TPSA) is 45.6 Å². The van der Waals surface area contributed by atoms with Crippen molar-refractivity contribution in [2.45, 2.75) is 19.0 Å². The van der Waals surface area contributed by atoms with E-state index in [1.54, 1.807) is 0 Å². The molecule has 6 nitrogen and oxygen atoms in total.